The Kier molecular flexibility index (Phi) is 5.78. The molecule has 2 heterocycles. The third kappa shape index (κ3) is 4.54. The van der Waals surface area contributed by atoms with Crippen molar-refractivity contribution < 1.29 is 0 Å². The summed E-state index contributed by atoms with van der Waals surface area (Å²) >= 11 is 5.34. The molecule has 0 radical (unpaired) electrons. The molecule has 3 rings (SSSR count). The molecule has 0 saturated heterocycles. The molecule has 1 aliphatic heterocycles. The molecule has 0 unspecified atom stereocenters. The van der Waals surface area contributed by atoms with Crippen LogP contribution in [0.15, 0.2) is 35.3 Å². The Morgan fingerprint density at radius 1 is 1.19 bits per heavy atom. The topological polar surface area (TPSA) is 65.4 Å². The molecule has 0 atom stereocenters. The first-order valence-electron chi connectivity index (χ1n) is 8.82. The number of thiocarbonyl (C=S) groups is 1. The zero-order valence-corrected chi connectivity index (χ0v) is 16.2. The Hall–Kier alpha value is -2.54. The fraction of sp³-hybridized carbons (Fsp3) is 0.368. The van der Waals surface area contributed by atoms with Gasteiger partial charge in [0.15, 0.2) is 5.11 Å². The van der Waals surface area contributed by atoms with Gasteiger partial charge in [-0.1, -0.05) is 24.3 Å². The predicted octanol–water partition coefficient (Wildman–Crippen LogP) is 2.81. The number of guanidine groups is 1. The number of aromatic nitrogens is 2. The van der Waals surface area contributed by atoms with Crippen LogP contribution >= 0.6 is 12.2 Å². The van der Waals surface area contributed by atoms with Gasteiger partial charge in [-0.25, -0.2) is 9.97 Å². The largest absolute Gasteiger partial charge is 0.361 e. The average molecular weight is 369 g/mol. The summed E-state index contributed by atoms with van der Waals surface area (Å²) in [6.45, 7) is 8.29. The summed E-state index contributed by atoms with van der Waals surface area (Å²) in [5.41, 5.74) is 4.53. The van der Waals surface area contributed by atoms with Crippen molar-refractivity contribution in [3.8, 4) is 0 Å². The molecule has 136 valence electrons. The molecule has 0 bridgehead atoms. The van der Waals surface area contributed by atoms with E-state index in [1.807, 2.05) is 26.8 Å². The molecular weight excluding hydrogens is 344 g/mol. The molecule has 1 aromatic heterocycles. The van der Waals surface area contributed by atoms with Gasteiger partial charge in [0.05, 0.1) is 0 Å². The number of benzene rings is 1. The van der Waals surface area contributed by atoms with Crippen molar-refractivity contribution in [1.29, 1.82) is 0 Å². The Bertz CT molecular complexity index is 812. The number of nitrogens with one attached hydrogen (secondary N) is 2. The van der Waals surface area contributed by atoms with Gasteiger partial charge in [0.25, 0.3) is 0 Å². The number of fused-ring (bicyclic) bond motifs is 1. The van der Waals surface area contributed by atoms with Gasteiger partial charge in [-0.3, -0.25) is 5.32 Å². The number of aryl methyl sites for hydroxylation is 2. The van der Waals surface area contributed by atoms with Crippen LogP contribution in [0.25, 0.3) is 0 Å². The second kappa shape index (κ2) is 8.23. The van der Waals surface area contributed by atoms with Crippen LogP contribution in [0, 0.1) is 13.8 Å². The highest BCUT2D eigenvalue weighted by Gasteiger charge is 2.20. The quantitative estimate of drug-likeness (QED) is 0.483. The van der Waals surface area contributed by atoms with E-state index in [0.29, 0.717) is 17.0 Å². The lowest BCUT2D eigenvalue weighted by Gasteiger charge is -2.31. The lowest BCUT2D eigenvalue weighted by atomic mass is 10.0. The van der Waals surface area contributed by atoms with Crippen LogP contribution in [0.1, 0.15) is 29.4 Å². The number of hydrogen-bond donors (Lipinski definition) is 2. The zero-order chi connectivity index (χ0) is 18.5. The van der Waals surface area contributed by atoms with E-state index in [9.17, 15) is 0 Å². The molecule has 26 heavy (non-hydrogen) atoms. The standard InChI is InChI=1S/C19H24N6S/c1-4-20-19(26)24-18(23-17-21-13(2)11-14(3)22-17)25-10-9-15-7-5-6-8-16(15)12-25/h5-8,11H,4,9-10,12H2,1-3H3,(H2,20,21,22,23,24,26). The van der Waals surface area contributed by atoms with Crippen molar-refractivity contribution in [2.24, 2.45) is 4.99 Å². The summed E-state index contributed by atoms with van der Waals surface area (Å²) < 4.78 is 0. The molecule has 0 amide bonds. The molecule has 6 nitrogen and oxygen atoms in total. The summed E-state index contributed by atoms with van der Waals surface area (Å²) in [6.07, 6.45) is 0.971. The van der Waals surface area contributed by atoms with E-state index >= 15 is 0 Å². The van der Waals surface area contributed by atoms with Crippen LogP contribution in [-0.2, 0) is 13.0 Å². The van der Waals surface area contributed by atoms with Gasteiger partial charge in [-0.2, -0.15) is 4.99 Å². The van der Waals surface area contributed by atoms with Gasteiger partial charge in [0.1, 0.15) is 0 Å². The third-order valence-corrected chi connectivity index (χ3v) is 4.41. The van der Waals surface area contributed by atoms with Crippen LogP contribution in [0.2, 0.25) is 0 Å². The van der Waals surface area contributed by atoms with E-state index in [-0.39, 0.29) is 0 Å². The first kappa shape index (κ1) is 18.3. The van der Waals surface area contributed by atoms with Crippen LogP contribution in [0.5, 0.6) is 0 Å². The second-order valence-electron chi connectivity index (χ2n) is 6.31. The Labute approximate surface area is 159 Å². The van der Waals surface area contributed by atoms with Crippen molar-refractivity contribution >= 4 is 29.2 Å². The predicted molar refractivity (Wildman–Crippen MR) is 109 cm³/mol. The van der Waals surface area contributed by atoms with Gasteiger partial charge in [-0.05, 0) is 56.6 Å². The van der Waals surface area contributed by atoms with Gasteiger partial charge in [-0.15, -0.1) is 0 Å². The monoisotopic (exact) mass is 368 g/mol. The summed E-state index contributed by atoms with van der Waals surface area (Å²) in [5, 5.41) is 6.81. The number of anilines is 1. The fourth-order valence-corrected chi connectivity index (χ4v) is 3.25. The average Bonchev–Trinajstić information content (AvgIpc) is 2.60. The molecule has 1 aliphatic rings. The molecule has 0 aliphatic carbocycles. The first-order chi connectivity index (χ1) is 12.5. The van der Waals surface area contributed by atoms with Gasteiger partial charge < -0.3 is 10.2 Å². The number of hydrogen-bond acceptors (Lipinski definition) is 3. The minimum absolute atomic E-state index is 0.457. The third-order valence-electron chi connectivity index (χ3n) is 4.17. The van der Waals surface area contributed by atoms with E-state index in [1.54, 1.807) is 0 Å². The summed E-state index contributed by atoms with van der Waals surface area (Å²) in [6, 6.07) is 10.5. The molecule has 0 saturated carbocycles. The van der Waals surface area contributed by atoms with E-state index in [1.165, 1.54) is 11.1 Å². The smallest absolute Gasteiger partial charge is 0.229 e. The molecule has 0 fully saturated rings. The number of nitrogens with zero attached hydrogens (tertiary/aromatic N) is 4. The minimum Gasteiger partial charge on any atom is -0.361 e. The van der Waals surface area contributed by atoms with Crippen LogP contribution < -0.4 is 10.6 Å². The zero-order valence-electron chi connectivity index (χ0n) is 15.4. The molecule has 7 heteroatoms. The van der Waals surface area contributed by atoms with Crippen molar-refractivity contribution in [3.05, 3.63) is 52.8 Å². The van der Waals surface area contributed by atoms with Gasteiger partial charge in [0, 0.05) is 31.0 Å². The second-order valence-corrected chi connectivity index (χ2v) is 6.70. The summed E-state index contributed by atoms with van der Waals surface area (Å²) in [4.78, 5) is 15.7. The number of rotatable bonds is 2. The SMILES string of the molecule is CCNC(=S)/N=C(/Nc1nc(C)cc(C)n1)N1CCc2ccccc2C1. The fourth-order valence-electron chi connectivity index (χ4n) is 3.02. The molecular formula is C19H24N6S. The van der Waals surface area contributed by atoms with Gasteiger partial charge in [0.2, 0.25) is 11.9 Å². The maximum atomic E-state index is 5.34. The van der Waals surface area contributed by atoms with Crippen LogP contribution in [-0.4, -0.2) is 39.0 Å². The lowest BCUT2D eigenvalue weighted by Crippen LogP contribution is -2.41. The summed E-state index contributed by atoms with van der Waals surface area (Å²) in [5.74, 6) is 1.22. The first-order valence-corrected chi connectivity index (χ1v) is 9.23. The highest BCUT2D eigenvalue weighted by Crippen LogP contribution is 2.19. The van der Waals surface area contributed by atoms with Gasteiger partial charge >= 0.3 is 0 Å². The maximum absolute atomic E-state index is 5.34. The minimum atomic E-state index is 0.457. The lowest BCUT2D eigenvalue weighted by molar-refractivity contribution is 0.393. The Morgan fingerprint density at radius 2 is 1.88 bits per heavy atom. The van der Waals surface area contributed by atoms with Crippen LogP contribution in [0.4, 0.5) is 5.95 Å². The van der Waals surface area contributed by atoms with Crippen LogP contribution in [0.3, 0.4) is 0 Å². The van der Waals surface area contributed by atoms with E-state index in [2.05, 4.69) is 54.8 Å². The van der Waals surface area contributed by atoms with E-state index in [4.69, 9.17) is 12.2 Å². The Balaban J connectivity index is 1.87. The summed E-state index contributed by atoms with van der Waals surface area (Å²) in [7, 11) is 0. The molecule has 2 N–H and O–H groups in total. The van der Waals surface area contributed by atoms with Crippen molar-refractivity contribution in [1.82, 2.24) is 20.2 Å². The Morgan fingerprint density at radius 3 is 2.58 bits per heavy atom. The normalized spacial score (nSPS) is 14.0. The van der Waals surface area contributed by atoms with E-state index < -0.39 is 0 Å². The van der Waals surface area contributed by atoms with Crippen molar-refractivity contribution in [3.63, 3.8) is 0 Å². The highest BCUT2D eigenvalue weighted by molar-refractivity contribution is 7.80. The van der Waals surface area contributed by atoms with Crippen molar-refractivity contribution in [2.75, 3.05) is 18.4 Å². The molecule has 1 aromatic carbocycles. The highest BCUT2D eigenvalue weighted by atomic mass is 32.1. The maximum Gasteiger partial charge on any atom is 0.229 e. The number of aliphatic imine (C=N–C) groups is 1. The molecule has 2 aromatic rings. The van der Waals surface area contributed by atoms with E-state index in [0.717, 1.165) is 37.4 Å². The molecule has 0 spiro atoms. The van der Waals surface area contributed by atoms with Crippen molar-refractivity contribution in [2.45, 2.75) is 33.7 Å².